The molecule has 0 atom stereocenters. The van der Waals surface area contributed by atoms with Gasteiger partial charge < -0.3 is 14.9 Å². The number of methoxy groups -OCH3 is 1. The van der Waals surface area contributed by atoms with Gasteiger partial charge in [-0.25, -0.2) is 9.18 Å². The Morgan fingerprint density at radius 1 is 1.38 bits per heavy atom. The molecule has 0 radical (unpaired) electrons. The van der Waals surface area contributed by atoms with Crippen LogP contribution in [0.25, 0.3) is 11.3 Å². The third-order valence-electron chi connectivity index (χ3n) is 3.39. The number of benzene rings is 1. The van der Waals surface area contributed by atoms with Crippen molar-refractivity contribution >= 4 is 5.97 Å². The first-order valence-electron chi connectivity index (χ1n) is 6.12. The van der Waals surface area contributed by atoms with Gasteiger partial charge in [-0.1, -0.05) is 0 Å². The predicted molar refractivity (Wildman–Crippen MR) is 73.3 cm³/mol. The van der Waals surface area contributed by atoms with Crippen LogP contribution in [0.1, 0.15) is 21.6 Å². The number of ether oxygens (including phenoxy) is 1. The van der Waals surface area contributed by atoms with Crippen molar-refractivity contribution in [2.24, 2.45) is 7.05 Å². The molecule has 0 bridgehead atoms. The van der Waals surface area contributed by atoms with Gasteiger partial charge in [0.05, 0.1) is 18.4 Å². The molecule has 1 aromatic carbocycles. The van der Waals surface area contributed by atoms with Gasteiger partial charge in [0.2, 0.25) is 0 Å². The van der Waals surface area contributed by atoms with Crippen molar-refractivity contribution in [3.63, 3.8) is 0 Å². The second-order valence-corrected chi connectivity index (χ2v) is 4.66. The van der Waals surface area contributed by atoms with E-state index in [1.807, 2.05) is 0 Å². The molecule has 1 aromatic heterocycles. The summed E-state index contributed by atoms with van der Waals surface area (Å²) in [5.41, 5.74) is 0.658. The number of aromatic hydroxyl groups is 1. The molecule has 7 heteroatoms. The molecule has 0 spiro atoms. The topological polar surface area (TPSA) is 84.6 Å². The predicted octanol–water partition coefficient (Wildman–Crippen LogP) is 2.26. The summed E-state index contributed by atoms with van der Waals surface area (Å²) in [6.45, 7) is 3.00. The van der Waals surface area contributed by atoms with Crippen LogP contribution in [0.15, 0.2) is 6.07 Å². The van der Waals surface area contributed by atoms with Gasteiger partial charge in [0.1, 0.15) is 5.82 Å². The van der Waals surface area contributed by atoms with E-state index in [0.717, 1.165) is 0 Å². The lowest BCUT2D eigenvalue weighted by Gasteiger charge is -2.16. The molecular weight excluding hydrogens is 279 g/mol. The van der Waals surface area contributed by atoms with E-state index in [0.29, 0.717) is 5.69 Å². The Morgan fingerprint density at radius 3 is 2.48 bits per heavy atom. The standard InChI is InChI=1S/C14H15FN2O4/c1-6-10(9-5-8(14(19)20)16-17(9)3)12(18)13(21-4)7(2)11(6)15/h5,18H,1-4H3,(H,19,20). The summed E-state index contributed by atoms with van der Waals surface area (Å²) in [5.74, 6) is -1.94. The van der Waals surface area contributed by atoms with Crippen LogP contribution in [-0.4, -0.2) is 33.1 Å². The first kappa shape index (κ1) is 14.8. The summed E-state index contributed by atoms with van der Waals surface area (Å²) in [6, 6.07) is 1.28. The minimum atomic E-state index is -1.20. The van der Waals surface area contributed by atoms with E-state index in [-0.39, 0.29) is 33.9 Å². The Balaban J connectivity index is 2.81. The Morgan fingerprint density at radius 2 is 2.00 bits per heavy atom. The van der Waals surface area contributed by atoms with E-state index in [1.165, 1.54) is 38.8 Å². The highest BCUT2D eigenvalue weighted by Crippen LogP contribution is 2.43. The minimum Gasteiger partial charge on any atom is -0.504 e. The van der Waals surface area contributed by atoms with Crippen LogP contribution in [0.4, 0.5) is 4.39 Å². The van der Waals surface area contributed by atoms with Gasteiger partial charge in [-0.3, -0.25) is 4.68 Å². The van der Waals surface area contributed by atoms with E-state index >= 15 is 0 Å². The number of phenolic OH excluding ortho intramolecular Hbond substituents is 1. The molecule has 21 heavy (non-hydrogen) atoms. The van der Waals surface area contributed by atoms with Crippen LogP contribution >= 0.6 is 0 Å². The number of carboxylic acids is 1. The van der Waals surface area contributed by atoms with Gasteiger partial charge in [-0.15, -0.1) is 0 Å². The van der Waals surface area contributed by atoms with E-state index in [9.17, 15) is 14.3 Å². The van der Waals surface area contributed by atoms with E-state index in [1.54, 1.807) is 0 Å². The number of hydrogen-bond acceptors (Lipinski definition) is 4. The normalized spacial score (nSPS) is 10.7. The zero-order valence-electron chi connectivity index (χ0n) is 12.1. The number of hydrogen-bond donors (Lipinski definition) is 2. The Hall–Kier alpha value is -2.57. The molecule has 6 nitrogen and oxygen atoms in total. The lowest BCUT2D eigenvalue weighted by atomic mass is 9.99. The average molecular weight is 294 g/mol. The smallest absolute Gasteiger partial charge is 0.356 e. The summed E-state index contributed by atoms with van der Waals surface area (Å²) in [6.07, 6.45) is 0. The second kappa shape index (κ2) is 5.08. The molecule has 0 aliphatic rings. The fourth-order valence-electron chi connectivity index (χ4n) is 2.33. The molecule has 0 saturated carbocycles. The van der Waals surface area contributed by atoms with Gasteiger partial charge in [0, 0.05) is 12.6 Å². The average Bonchev–Trinajstić information content (AvgIpc) is 2.80. The van der Waals surface area contributed by atoms with Gasteiger partial charge in [0.25, 0.3) is 0 Å². The number of aromatic carboxylic acids is 1. The van der Waals surface area contributed by atoms with Crippen molar-refractivity contribution in [3.05, 3.63) is 28.7 Å². The Labute approximate surface area is 120 Å². The molecule has 0 aliphatic heterocycles. The lowest BCUT2D eigenvalue weighted by Crippen LogP contribution is -2.02. The quantitative estimate of drug-likeness (QED) is 0.907. The van der Waals surface area contributed by atoms with Crippen molar-refractivity contribution < 1.29 is 24.1 Å². The van der Waals surface area contributed by atoms with Crippen LogP contribution < -0.4 is 4.74 Å². The zero-order valence-corrected chi connectivity index (χ0v) is 12.1. The fraction of sp³-hybridized carbons (Fsp3) is 0.286. The highest BCUT2D eigenvalue weighted by molar-refractivity contribution is 5.88. The molecular formula is C14H15FN2O4. The van der Waals surface area contributed by atoms with Crippen molar-refractivity contribution in [1.29, 1.82) is 0 Å². The number of phenols is 1. The van der Waals surface area contributed by atoms with E-state index in [4.69, 9.17) is 9.84 Å². The molecule has 0 fully saturated rings. The second-order valence-electron chi connectivity index (χ2n) is 4.66. The monoisotopic (exact) mass is 294 g/mol. The summed E-state index contributed by atoms with van der Waals surface area (Å²) < 4.78 is 20.6. The summed E-state index contributed by atoms with van der Waals surface area (Å²) in [7, 11) is 2.84. The number of aromatic nitrogens is 2. The number of carbonyl (C=O) groups is 1. The molecule has 0 unspecified atom stereocenters. The number of halogens is 1. The third kappa shape index (κ3) is 2.20. The van der Waals surface area contributed by atoms with Crippen molar-refractivity contribution in [1.82, 2.24) is 9.78 Å². The van der Waals surface area contributed by atoms with Gasteiger partial charge in [-0.05, 0) is 25.5 Å². The largest absolute Gasteiger partial charge is 0.504 e. The Bertz CT molecular complexity index is 737. The molecule has 0 amide bonds. The van der Waals surface area contributed by atoms with Crippen LogP contribution in [0.3, 0.4) is 0 Å². The van der Waals surface area contributed by atoms with Crippen LogP contribution in [0.5, 0.6) is 11.5 Å². The lowest BCUT2D eigenvalue weighted by molar-refractivity contribution is 0.0689. The van der Waals surface area contributed by atoms with Crippen LogP contribution in [0, 0.1) is 19.7 Å². The van der Waals surface area contributed by atoms with Gasteiger partial charge in [0.15, 0.2) is 17.2 Å². The minimum absolute atomic E-state index is 0.0196. The SMILES string of the molecule is COc1c(C)c(F)c(C)c(-c2cc(C(=O)O)nn2C)c1O. The summed E-state index contributed by atoms with van der Waals surface area (Å²) in [5, 5.41) is 23.1. The Kier molecular flexibility index (Phi) is 3.59. The molecule has 2 aromatic rings. The van der Waals surface area contributed by atoms with E-state index in [2.05, 4.69) is 5.10 Å². The highest BCUT2D eigenvalue weighted by Gasteiger charge is 2.24. The molecule has 0 saturated heterocycles. The molecule has 1 heterocycles. The zero-order chi connectivity index (χ0) is 15.9. The van der Waals surface area contributed by atoms with Crippen molar-refractivity contribution in [2.75, 3.05) is 7.11 Å². The van der Waals surface area contributed by atoms with Crippen molar-refractivity contribution in [2.45, 2.75) is 13.8 Å². The number of rotatable bonds is 3. The maximum absolute atomic E-state index is 14.3. The summed E-state index contributed by atoms with van der Waals surface area (Å²) >= 11 is 0. The summed E-state index contributed by atoms with van der Waals surface area (Å²) in [4.78, 5) is 11.0. The maximum Gasteiger partial charge on any atom is 0.356 e. The third-order valence-corrected chi connectivity index (χ3v) is 3.39. The first-order chi connectivity index (χ1) is 9.79. The highest BCUT2D eigenvalue weighted by atomic mass is 19.1. The first-order valence-corrected chi connectivity index (χ1v) is 6.12. The van der Waals surface area contributed by atoms with Crippen molar-refractivity contribution in [3.8, 4) is 22.8 Å². The van der Waals surface area contributed by atoms with Gasteiger partial charge in [-0.2, -0.15) is 5.10 Å². The molecule has 2 N–H and O–H groups in total. The molecule has 0 aliphatic carbocycles. The van der Waals surface area contributed by atoms with Crippen LogP contribution in [-0.2, 0) is 7.05 Å². The fourth-order valence-corrected chi connectivity index (χ4v) is 2.33. The number of carboxylic acid groups (broad SMARTS) is 1. The van der Waals surface area contributed by atoms with E-state index < -0.39 is 11.8 Å². The number of nitrogens with zero attached hydrogens (tertiary/aromatic N) is 2. The molecule has 2 rings (SSSR count). The number of aryl methyl sites for hydroxylation is 1. The molecule has 112 valence electrons. The maximum atomic E-state index is 14.3. The van der Waals surface area contributed by atoms with Crippen LogP contribution in [0.2, 0.25) is 0 Å². The van der Waals surface area contributed by atoms with Gasteiger partial charge >= 0.3 is 5.97 Å².